The number of carbonyl (C=O) groups is 2. The summed E-state index contributed by atoms with van der Waals surface area (Å²) < 4.78 is 134. The minimum Gasteiger partial charge on any atom is -0.496 e. The van der Waals surface area contributed by atoms with Crippen molar-refractivity contribution in [3.8, 4) is 28.0 Å². The van der Waals surface area contributed by atoms with E-state index >= 15 is 0 Å². The molecule has 0 bridgehead atoms. The topological polar surface area (TPSA) is 76.1 Å². The van der Waals surface area contributed by atoms with Crippen molar-refractivity contribution in [3.63, 3.8) is 0 Å². The lowest BCUT2D eigenvalue weighted by Gasteiger charge is -2.24. The average Bonchev–Trinajstić information content (AvgIpc) is 3.31. The zero-order chi connectivity index (χ0) is 36.9. The first-order chi connectivity index (χ1) is 23.2. The molecule has 16 heteroatoms. The maximum atomic E-state index is 14.0. The van der Waals surface area contributed by atoms with Crippen molar-refractivity contribution in [3.05, 3.63) is 111 Å². The summed E-state index contributed by atoms with van der Waals surface area (Å²) in [6, 6.07) is 10.8. The van der Waals surface area contributed by atoms with Gasteiger partial charge in [0.25, 0.3) is 0 Å². The Hall–Kier alpha value is -4.92. The second-order valence-electron chi connectivity index (χ2n) is 11.3. The molecule has 1 saturated heterocycles. The third kappa shape index (κ3) is 7.32. The van der Waals surface area contributed by atoms with Crippen LogP contribution in [-0.2, 0) is 29.8 Å². The highest BCUT2D eigenvalue weighted by atomic mass is 35.5. The van der Waals surface area contributed by atoms with Crippen molar-refractivity contribution in [2.45, 2.75) is 44.1 Å². The molecule has 4 aromatic rings. The number of carbonyl (C=O) groups excluding carboxylic acids is 1. The molecule has 50 heavy (non-hydrogen) atoms. The molecule has 1 fully saturated rings. The van der Waals surface area contributed by atoms with E-state index in [-0.39, 0.29) is 39.1 Å². The van der Waals surface area contributed by atoms with Gasteiger partial charge in [-0.05, 0) is 78.2 Å². The van der Waals surface area contributed by atoms with Crippen LogP contribution in [-0.4, -0.2) is 35.2 Å². The Balaban J connectivity index is 1.61. The number of ether oxygens (including phenoxy) is 2. The summed E-state index contributed by atoms with van der Waals surface area (Å²) in [5.74, 6) is -1.07. The first-order valence-electron chi connectivity index (χ1n) is 14.4. The van der Waals surface area contributed by atoms with Gasteiger partial charge in [0, 0.05) is 28.3 Å². The summed E-state index contributed by atoms with van der Waals surface area (Å²) >= 11 is 6.37. The second-order valence-corrected chi connectivity index (χ2v) is 11.7. The van der Waals surface area contributed by atoms with E-state index in [0.29, 0.717) is 23.3 Å². The predicted molar refractivity (Wildman–Crippen MR) is 162 cm³/mol. The molecule has 6 nitrogen and oxygen atoms in total. The van der Waals surface area contributed by atoms with E-state index in [1.165, 1.54) is 44.4 Å². The van der Waals surface area contributed by atoms with Crippen LogP contribution in [0.25, 0.3) is 22.3 Å². The summed E-state index contributed by atoms with van der Waals surface area (Å²) in [7, 11) is 1.29. The number of carboxylic acids is 1. The van der Waals surface area contributed by atoms with E-state index in [1.807, 2.05) is 0 Å². The Morgan fingerprint density at radius 3 is 1.94 bits per heavy atom. The number of methoxy groups -OCH3 is 1. The first kappa shape index (κ1) is 36.4. The number of aromatic carboxylic acids is 1. The minimum atomic E-state index is -5.15. The highest BCUT2D eigenvalue weighted by Crippen LogP contribution is 2.45. The number of carboxylic acid groups (broad SMARTS) is 1. The van der Waals surface area contributed by atoms with Crippen LogP contribution in [0.1, 0.15) is 51.2 Å². The molecule has 0 saturated carbocycles. The van der Waals surface area contributed by atoms with Gasteiger partial charge in [-0.2, -0.15) is 39.5 Å². The Kier molecular flexibility index (Phi) is 9.51. The molecule has 1 aliphatic rings. The van der Waals surface area contributed by atoms with Crippen LogP contribution < -0.4 is 4.74 Å². The fraction of sp³-hybridized carbons (Fsp3) is 0.235. The molecular weight excluding hydrogens is 709 g/mol. The number of hydrogen-bond acceptors (Lipinski definition) is 4. The van der Waals surface area contributed by atoms with Crippen LogP contribution in [0, 0.1) is 0 Å². The molecule has 4 aromatic carbocycles. The highest BCUT2D eigenvalue weighted by Gasteiger charge is 2.43. The molecule has 0 spiro atoms. The summed E-state index contributed by atoms with van der Waals surface area (Å²) in [5.41, 5.74) is -4.13. The lowest BCUT2D eigenvalue weighted by Crippen LogP contribution is -2.31. The Morgan fingerprint density at radius 1 is 0.800 bits per heavy atom. The van der Waals surface area contributed by atoms with Crippen molar-refractivity contribution in [2.24, 2.45) is 0 Å². The molecule has 0 aliphatic carbocycles. The van der Waals surface area contributed by atoms with Crippen molar-refractivity contribution in [1.29, 1.82) is 0 Å². The van der Waals surface area contributed by atoms with Gasteiger partial charge in [-0.1, -0.05) is 29.8 Å². The van der Waals surface area contributed by atoms with Crippen LogP contribution in [0.15, 0.2) is 72.8 Å². The van der Waals surface area contributed by atoms with Gasteiger partial charge in [0.1, 0.15) is 11.9 Å². The highest BCUT2D eigenvalue weighted by molar-refractivity contribution is 6.33. The van der Waals surface area contributed by atoms with Crippen molar-refractivity contribution in [1.82, 2.24) is 4.90 Å². The van der Waals surface area contributed by atoms with Crippen LogP contribution in [0.3, 0.4) is 0 Å². The van der Waals surface area contributed by atoms with Crippen LogP contribution in [0.5, 0.6) is 5.75 Å². The number of cyclic esters (lactones) is 1. The van der Waals surface area contributed by atoms with E-state index in [4.69, 9.17) is 21.1 Å². The minimum absolute atomic E-state index is 0.0471. The number of benzene rings is 4. The number of nitrogens with zero attached hydrogens (tertiary/aromatic N) is 1. The maximum absolute atomic E-state index is 14.0. The maximum Gasteiger partial charge on any atom is 0.416 e. The van der Waals surface area contributed by atoms with Gasteiger partial charge >= 0.3 is 30.6 Å². The zero-order valence-corrected chi connectivity index (χ0v) is 26.4. The number of hydrogen-bond donors (Lipinski definition) is 1. The van der Waals surface area contributed by atoms with E-state index in [2.05, 4.69) is 0 Å². The molecule has 264 valence electrons. The van der Waals surface area contributed by atoms with Crippen molar-refractivity contribution < 1.29 is 63.7 Å². The first-order valence-corrected chi connectivity index (χ1v) is 14.7. The molecular formula is C34H23ClF9NO5. The fourth-order valence-electron chi connectivity index (χ4n) is 5.63. The van der Waals surface area contributed by atoms with Gasteiger partial charge in [-0.25, -0.2) is 9.59 Å². The van der Waals surface area contributed by atoms with Gasteiger partial charge in [0.05, 0.1) is 35.4 Å². The second kappa shape index (κ2) is 13.1. The zero-order valence-electron chi connectivity index (χ0n) is 25.6. The van der Waals surface area contributed by atoms with Gasteiger partial charge < -0.3 is 14.6 Å². The molecule has 1 aliphatic heterocycles. The lowest BCUT2D eigenvalue weighted by atomic mass is 9.89. The van der Waals surface area contributed by atoms with E-state index in [9.17, 15) is 54.2 Å². The number of amides is 1. The monoisotopic (exact) mass is 731 g/mol. The van der Waals surface area contributed by atoms with Crippen molar-refractivity contribution in [2.75, 3.05) is 7.11 Å². The average molecular weight is 732 g/mol. The van der Waals surface area contributed by atoms with Gasteiger partial charge in [0.15, 0.2) is 0 Å². The van der Waals surface area contributed by atoms with E-state index in [0.717, 1.165) is 23.1 Å². The SMILES string of the molecule is COc1ccc(-c2ccc(C(=O)O)cc2Cl)cc1-c1ccc(C(F)(F)F)cc1[C@H]1OC(=O)N(Cc2cc(C(F)(F)F)cc(C(F)(F)F)c2)[C@@H]1C. The standard InChI is InChI=1S/C34H23ClF9NO5/c1-16-29(50-31(48)45(16)15-17-9-21(33(39,40)41)13-22(10-17)34(42,43)44)26-14-20(32(36,37)38)5-7-24(26)25-11-18(4-8-28(25)49-2)23-6-3-19(30(46)47)12-27(23)35/h3-14,16,29H,15H2,1-2H3,(H,46,47)/t16-,29+/m1/s1. The number of alkyl halides is 9. The largest absolute Gasteiger partial charge is 0.496 e. The van der Waals surface area contributed by atoms with Gasteiger partial charge in [-0.3, -0.25) is 4.90 Å². The van der Waals surface area contributed by atoms with Gasteiger partial charge in [-0.15, -0.1) is 0 Å². The third-order valence-electron chi connectivity index (χ3n) is 8.09. The molecule has 0 unspecified atom stereocenters. The quantitative estimate of drug-likeness (QED) is 0.192. The Bertz CT molecular complexity index is 1940. The lowest BCUT2D eigenvalue weighted by molar-refractivity contribution is -0.143. The summed E-state index contributed by atoms with van der Waals surface area (Å²) in [4.78, 5) is 25.3. The van der Waals surface area contributed by atoms with Crippen LogP contribution in [0.4, 0.5) is 44.3 Å². The van der Waals surface area contributed by atoms with Crippen molar-refractivity contribution >= 4 is 23.7 Å². The predicted octanol–water partition coefficient (Wildman–Crippen LogP) is 10.5. The molecule has 1 amide bonds. The summed E-state index contributed by atoms with van der Waals surface area (Å²) in [6.07, 6.45) is -17.9. The van der Waals surface area contributed by atoms with E-state index in [1.54, 1.807) is 6.07 Å². The Labute approximate surface area is 282 Å². The molecule has 1 N–H and O–H groups in total. The number of rotatable bonds is 7. The molecule has 0 aromatic heterocycles. The molecule has 0 radical (unpaired) electrons. The Morgan fingerprint density at radius 2 is 1.40 bits per heavy atom. The van der Waals surface area contributed by atoms with Crippen LogP contribution in [0.2, 0.25) is 5.02 Å². The summed E-state index contributed by atoms with van der Waals surface area (Å²) in [5, 5.41) is 9.34. The fourth-order valence-corrected chi connectivity index (χ4v) is 5.92. The normalized spacial score (nSPS) is 16.8. The molecule has 1 heterocycles. The smallest absolute Gasteiger partial charge is 0.416 e. The van der Waals surface area contributed by atoms with Crippen LogP contribution >= 0.6 is 11.6 Å². The van der Waals surface area contributed by atoms with Gasteiger partial charge in [0.2, 0.25) is 0 Å². The number of halogens is 10. The molecule has 5 rings (SSSR count). The molecule has 2 atom stereocenters. The van der Waals surface area contributed by atoms with E-state index < -0.39 is 71.5 Å². The third-order valence-corrected chi connectivity index (χ3v) is 8.41. The summed E-state index contributed by atoms with van der Waals surface area (Å²) in [6.45, 7) is 0.538.